The Morgan fingerprint density at radius 1 is 1.29 bits per heavy atom. The van der Waals surface area contributed by atoms with Crippen molar-refractivity contribution in [3.05, 3.63) is 37.6 Å². The first-order valence-electron chi connectivity index (χ1n) is 3.65. The fourth-order valence-electron chi connectivity index (χ4n) is 1.04. The van der Waals surface area contributed by atoms with Gasteiger partial charge >= 0.3 is 5.69 Å². The Balaban J connectivity index is 2.74. The van der Waals surface area contributed by atoms with Crippen LogP contribution in [0.2, 0.25) is 0 Å². The van der Waals surface area contributed by atoms with Crippen LogP contribution in [0.25, 0.3) is 5.69 Å². The maximum atomic E-state index is 11.3. The molecule has 0 aliphatic rings. The molecule has 0 saturated heterocycles. The molecule has 0 bridgehead atoms. The first kappa shape index (κ1) is 9.60. The number of aromatic nitrogens is 4. The molecule has 1 aromatic heterocycles. The Kier molecular flexibility index (Phi) is 2.51. The van der Waals surface area contributed by atoms with Gasteiger partial charge in [-0.3, -0.25) is 0 Å². The highest BCUT2D eigenvalue weighted by Gasteiger charge is 2.10. The number of hydrogen-bond acceptors (Lipinski definition) is 3. The number of nitrogens with one attached hydrogen (secondary N) is 1. The first-order chi connectivity index (χ1) is 6.70. The van der Waals surface area contributed by atoms with Gasteiger partial charge in [0, 0.05) is 8.95 Å². The predicted molar refractivity (Wildman–Crippen MR) is 57.4 cm³/mol. The van der Waals surface area contributed by atoms with E-state index in [4.69, 9.17) is 0 Å². The van der Waals surface area contributed by atoms with Gasteiger partial charge in [0.15, 0.2) is 0 Å². The average molecular weight is 320 g/mol. The number of rotatable bonds is 1. The zero-order valence-electron chi connectivity index (χ0n) is 6.74. The van der Waals surface area contributed by atoms with Crippen molar-refractivity contribution in [3.63, 3.8) is 0 Å². The molecule has 1 N–H and O–H groups in total. The van der Waals surface area contributed by atoms with Gasteiger partial charge in [0.05, 0.1) is 0 Å². The van der Waals surface area contributed by atoms with Crippen LogP contribution in [0, 0.1) is 0 Å². The molecule has 5 nitrogen and oxygen atoms in total. The lowest BCUT2D eigenvalue weighted by Gasteiger charge is -2.03. The third-order valence-corrected chi connectivity index (χ3v) is 2.90. The number of H-pyrrole nitrogens is 1. The van der Waals surface area contributed by atoms with Crippen molar-refractivity contribution in [3.8, 4) is 5.69 Å². The van der Waals surface area contributed by atoms with Gasteiger partial charge in [-0.05, 0) is 54.4 Å². The van der Waals surface area contributed by atoms with Crippen LogP contribution >= 0.6 is 31.9 Å². The lowest BCUT2D eigenvalue weighted by Crippen LogP contribution is -2.16. The molecule has 72 valence electrons. The van der Waals surface area contributed by atoms with Crippen LogP contribution in [0.15, 0.2) is 31.9 Å². The van der Waals surface area contributed by atoms with Crippen molar-refractivity contribution in [1.29, 1.82) is 0 Å². The molecule has 14 heavy (non-hydrogen) atoms. The number of aromatic amines is 1. The van der Waals surface area contributed by atoms with Crippen molar-refractivity contribution in [2.24, 2.45) is 0 Å². The van der Waals surface area contributed by atoms with Crippen LogP contribution in [0.3, 0.4) is 0 Å². The van der Waals surface area contributed by atoms with Crippen LogP contribution < -0.4 is 5.69 Å². The van der Waals surface area contributed by atoms with Gasteiger partial charge in [0.25, 0.3) is 0 Å². The summed E-state index contributed by atoms with van der Waals surface area (Å²) in [6, 6.07) is 5.49. The number of benzene rings is 1. The molecule has 0 unspecified atom stereocenters. The standard InChI is InChI=1S/C7H4Br2N4O/c8-4-2-1-3-5(9)6(4)13-7(14)10-11-12-13/h1-3H,(H,10,12,14). The van der Waals surface area contributed by atoms with E-state index in [1.807, 2.05) is 18.2 Å². The van der Waals surface area contributed by atoms with Crippen LogP contribution in [0.4, 0.5) is 0 Å². The Labute approximate surface area is 95.4 Å². The Bertz CT molecular complexity index is 498. The van der Waals surface area contributed by atoms with E-state index in [0.29, 0.717) is 5.69 Å². The van der Waals surface area contributed by atoms with Gasteiger partial charge in [-0.15, -0.1) is 0 Å². The summed E-state index contributed by atoms with van der Waals surface area (Å²) in [5, 5.41) is 9.29. The molecule has 1 aromatic carbocycles. The predicted octanol–water partition coefficient (Wildman–Crippen LogP) is 1.48. The van der Waals surface area contributed by atoms with Gasteiger partial charge < -0.3 is 0 Å². The smallest absolute Gasteiger partial charge is 0.244 e. The summed E-state index contributed by atoms with van der Waals surface area (Å²) < 4.78 is 2.71. The van der Waals surface area contributed by atoms with E-state index >= 15 is 0 Å². The molecular formula is C7H4Br2N4O. The lowest BCUT2D eigenvalue weighted by atomic mass is 10.3. The van der Waals surface area contributed by atoms with E-state index in [-0.39, 0.29) is 5.69 Å². The van der Waals surface area contributed by atoms with E-state index in [0.717, 1.165) is 8.95 Å². The topological polar surface area (TPSA) is 63.6 Å². The minimum Gasteiger partial charge on any atom is -0.244 e. The van der Waals surface area contributed by atoms with E-state index in [9.17, 15) is 4.79 Å². The normalized spacial score (nSPS) is 10.4. The summed E-state index contributed by atoms with van der Waals surface area (Å²) in [4.78, 5) is 11.3. The molecule has 7 heteroatoms. The van der Waals surface area contributed by atoms with Gasteiger partial charge in [-0.25, -0.2) is 9.89 Å². The Hall–Kier alpha value is -0.950. The molecule has 2 aromatic rings. The number of hydrogen-bond donors (Lipinski definition) is 1. The highest BCUT2D eigenvalue weighted by molar-refractivity contribution is 9.11. The number of para-hydroxylation sites is 1. The monoisotopic (exact) mass is 318 g/mol. The summed E-state index contributed by atoms with van der Waals surface area (Å²) in [7, 11) is 0. The fourth-order valence-corrected chi connectivity index (χ4v) is 2.37. The van der Waals surface area contributed by atoms with Crippen molar-refractivity contribution >= 4 is 31.9 Å². The average Bonchev–Trinajstić information content (AvgIpc) is 2.52. The minimum absolute atomic E-state index is 0.377. The third kappa shape index (κ3) is 1.53. The van der Waals surface area contributed by atoms with Crippen molar-refractivity contribution < 1.29 is 0 Å². The Morgan fingerprint density at radius 2 is 1.93 bits per heavy atom. The van der Waals surface area contributed by atoms with Gasteiger partial charge in [-0.2, -0.15) is 4.68 Å². The molecule has 0 saturated carbocycles. The zero-order valence-corrected chi connectivity index (χ0v) is 9.91. The molecule has 1 heterocycles. The third-order valence-electron chi connectivity index (χ3n) is 1.62. The summed E-state index contributed by atoms with van der Waals surface area (Å²) in [5.41, 5.74) is 0.254. The highest BCUT2D eigenvalue weighted by atomic mass is 79.9. The molecule has 0 spiro atoms. The summed E-state index contributed by atoms with van der Waals surface area (Å²) in [6.07, 6.45) is 0. The number of tetrazole rings is 1. The van der Waals surface area contributed by atoms with E-state index in [2.05, 4.69) is 47.4 Å². The summed E-state index contributed by atoms with van der Waals surface area (Å²) in [6.45, 7) is 0. The molecule has 0 atom stereocenters. The molecule has 2 rings (SSSR count). The molecular weight excluding hydrogens is 316 g/mol. The molecule has 0 fully saturated rings. The number of halogens is 2. The second kappa shape index (κ2) is 3.66. The van der Waals surface area contributed by atoms with E-state index in [1.165, 1.54) is 4.68 Å². The Morgan fingerprint density at radius 3 is 2.43 bits per heavy atom. The van der Waals surface area contributed by atoms with E-state index in [1.54, 1.807) is 0 Å². The highest BCUT2D eigenvalue weighted by Crippen LogP contribution is 2.26. The quantitative estimate of drug-likeness (QED) is 0.866. The molecule has 0 radical (unpaired) electrons. The van der Waals surface area contributed by atoms with Crippen LogP contribution in [0.5, 0.6) is 0 Å². The minimum atomic E-state index is -0.377. The number of nitrogens with zero attached hydrogens (tertiary/aromatic N) is 3. The summed E-state index contributed by atoms with van der Waals surface area (Å²) >= 11 is 6.66. The van der Waals surface area contributed by atoms with Gasteiger partial charge in [-0.1, -0.05) is 6.07 Å². The molecule has 0 aliphatic heterocycles. The molecule has 0 amide bonds. The van der Waals surface area contributed by atoms with Crippen LogP contribution in [0.1, 0.15) is 0 Å². The lowest BCUT2D eigenvalue weighted by molar-refractivity contribution is 0.774. The van der Waals surface area contributed by atoms with Gasteiger partial charge in [0.1, 0.15) is 5.69 Å². The van der Waals surface area contributed by atoms with Crippen molar-refractivity contribution in [2.75, 3.05) is 0 Å². The molecule has 0 aliphatic carbocycles. The first-order valence-corrected chi connectivity index (χ1v) is 5.23. The SMILES string of the molecule is O=c1[nH]nnn1-c1c(Br)cccc1Br. The maximum absolute atomic E-state index is 11.3. The van der Waals surface area contributed by atoms with Crippen LogP contribution in [-0.4, -0.2) is 20.2 Å². The van der Waals surface area contributed by atoms with Crippen molar-refractivity contribution in [2.45, 2.75) is 0 Å². The van der Waals surface area contributed by atoms with E-state index < -0.39 is 0 Å². The van der Waals surface area contributed by atoms with Gasteiger partial charge in [0.2, 0.25) is 0 Å². The van der Waals surface area contributed by atoms with Crippen LogP contribution in [-0.2, 0) is 0 Å². The fraction of sp³-hybridized carbons (Fsp3) is 0. The second-order valence-corrected chi connectivity index (χ2v) is 4.20. The largest absolute Gasteiger partial charge is 0.365 e. The maximum Gasteiger partial charge on any atom is 0.365 e. The van der Waals surface area contributed by atoms with Crippen molar-refractivity contribution in [1.82, 2.24) is 20.2 Å². The summed E-state index contributed by atoms with van der Waals surface area (Å²) in [5.74, 6) is 0. The second-order valence-electron chi connectivity index (χ2n) is 2.49. The zero-order chi connectivity index (χ0) is 10.1.